The van der Waals surface area contributed by atoms with Crippen molar-refractivity contribution in [3.63, 3.8) is 0 Å². The highest BCUT2D eigenvalue weighted by Gasteiger charge is 2.34. The quantitative estimate of drug-likeness (QED) is 0.586. The Bertz CT molecular complexity index is 347. The van der Waals surface area contributed by atoms with Crippen LogP contribution in [0.2, 0.25) is 0 Å². The Morgan fingerprint density at radius 1 is 1.20 bits per heavy atom. The van der Waals surface area contributed by atoms with E-state index in [1.54, 1.807) is 0 Å². The summed E-state index contributed by atoms with van der Waals surface area (Å²) < 4.78 is 5.39. The van der Waals surface area contributed by atoms with Crippen LogP contribution < -0.4 is 0 Å². The first-order chi connectivity index (χ1) is 9.37. The van der Waals surface area contributed by atoms with Crippen LogP contribution in [0, 0.1) is 11.8 Å². The van der Waals surface area contributed by atoms with Gasteiger partial charge in [0.25, 0.3) is 0 Å². The normalized spacial score (nSPS) is 28.8. The molecule has 0 unspecified atom stereocenters. The molecule has 4 heteroatoms. The number of nitrogens with zero attached hydrogens (tertiary/aromatic N) is 1. The third-order valence-electron chi connectivity index (χ3n) is 4.34. The van der Waals surface area contributed by atoms with Crippen LogP contribution in [-0.2, 0) is 14.3 Å². The molecule has 1 saturated heterocycles. The van der Waals surface area contributed by atoms with Gasteiger partial charge in [0.05, 0.1) is 0 Å². The van der Waals surface area contributed by atoms with E-state index in [0.29, 0.717) is 18.4 Å². The standard InChI is InChI=1S/C16H27NO3/c1-16(2,3)20-15(19)8-12-4-6-14(7-5-12)17-9-13(10-17)11-18/h11-14H,4-10H2,1-3H3. The van der Waals surface area contributed by atoms with Crippen molar-refractivity contribution in [3.05, 3.63) is 0 Å². The molecule has 1 saturated carbocycles. The molecule has 2 fully saturated rings. The number of hydrogen-bond donors (Lipinski definition) is 0. The summed E-state index contributed by atoms with van der Waals surface area (Å²) in [5.41, 5.74) is -0.379. The molecule has 1 heterocycles. The van der Waals surface area contributed by atoms with Gasteiger partial charge in [-0.3, -0.25) is 9.69 Å². The lowest BCUT2D eigenvalue weighted by Gasteiger charge is -2.44. The van der Waals surface area contributed by atoms with Crippen LogP contribution >= 0.6 is 0 Å². The summed E-state index contributed by atoms with van der Waals surface area (Å²) in [6.07, 6.45) is 6.14. The second kappa shape index (κ2) is 6.25. The number of carbonyl (C=O) groups is 2. The number of carbonyl (C=O) groups excluding carboxylic acids is 2. The topological polar surface area (TPSA) is 46.6 Å². The van der Waals surface area contributed by atoms with E-state index in [9.17, 15) is 9.59 Å². The molecule has 0 atom stereocenters. The monoisotopic (exact) mass is 281 g/mol. The number of likely N-dealkylation sites (tertiary alicyclic amines) is 1. The minimum absolute atomic E-state index is 0.0640. The van der Waals surface area contributed by atoms with Crippen molar-refractivity contribution >= 4 is 12.3 Å². The summed E-state index contributed by atoms with van der Waals surface area (Å²) >= 11 is 0. The molecule has 2 aliphatic rings. The first kappa shape index (κ1) is 15.5. The molecule has 0 aromatic rings. The fourth-order valence-corrected chi connectivity index (χ4v) is 3.27. The van der Waals surface area contributed by atoms with Crippen LogP contribution in [0.3, 0.4) is 0 Å². The van der Waals surface area contributed by atoms with E-state index >= 15 is 0 Å². The molecular weight excluding hydrogens is 254 g/mol. The van der Waals surface area contributed by atoms with Gasteiger partial charge in [0.15, 0.2) is 0 Å². The summed E-state index contributed by atoms with van der Waals surface area (Å²) in [7, 11) is 0. The second-order valence-electron chi connectivity index (χ2n) is 7.32. The van der Waals surface area contributed by atoms with Gasteiger partial charge in [-0.25, -0.2) is 0 Å². The van der Waals surface area contributed by atoms with Gasteiger partial charge in [-0.1, -0.05) is 0 Å². The summed E-state index contributed by atoms with van der Waals surface area (Å²) in [6.45, 7) is 7.61. The lowest BCUT2D eigenvalue weighted by Crippen LogP contribution is -2.53. The molecule has 2 rings (SSSR count). The zero-order valence-corrected chi connectivity index (χ0v) is 12.9. The average molecular weight is 281 g/mol. The molecule has 20 heavy (non-hydrogen) atoms. The average Bonchev–Trinajstić information content (AvgIpc) is 2.27. The van der Waals surface area contributed by atoms with Crippen LogP contribution in [0.1, 0.15) is 52.9 Å². The van der Waals surface area contributed by atoms with Crippen molar-refractivity contribution in [1.29, 1.82) is 0 Å². The Labute approximate surface area is 121 Å². The van der Waals surface area contributed by atoms with Crippen LogP contribution in [0.15, 0.2) is 0 Å². The molecule has 4 nitrogen and oxygen atoms in total. The third kappa shape index (κ3) is 4.30. The summed E-state index contributed by atoms with van der Waals surface area (Å²) in [5, 5.41) is 0. The summed E-state index contributed by atoms with van der Waals surface area (Å²) in [6, 6.07) is 0.626. The Kier molecular flexibility index (Phi) is 4.84. The molecule has 1 aliphatic heterocycles. The zero-order chi connectivity index (χ0) is 14.8. The molecule has 0 N–H and O–H groups in total. The highest BCUT2D eigenvalue weighted by Crippen LogP contribution is 2.33. The van der Waals surface area contributed by atoms with Crippen molar-refractivity contribution in [1.82, 2.24) is 4.90 Å². The molecule has 0 bridgehead atoms. The van der Waals surface area contributed by atoms with Crippen molar-refractivity contribution in [2.75, 3.05) is 13.1 Å². The predicted molar refractivity (Wildman–Crippen MR) is 77.3 cm³/mol. The van der Waals surface area contributed by atoms with Crippen LogP contribution in [0.4, 0.5) is 0 Å². The van der Waals surface area contributed by atoms with Gasteiger partial charge in [0.1, 0.15) is 11.9 Å². The maximum atomic E-state index is 11.8. The van der Waals surface area contributed by atoms with Gasteiger partial charge in [0.2, 0.25) is 0 Å². The fraction of sp³-hybridized carbons (Fsp3) is 0.875. The summed E-state index contributed by atoms with van der Waals surface area (Å²) in [4.78, 5) is 24.9. The van der Waals surface area contributed by atoms with E-state index < -0.39 is 0 Å². The van der Waals surface area contributed by atoms with Crippen LogP contribution in [0.25, 0.3) is 0 Å². The largest absolute Gasteiger partial charge is 0.460 e. The van der Waals surface area contributed by atoms with E-state index in [2.05, 4.69) is 4.90 Å². The predicted octanol–water partition coefficient (Wildman–Crippen LogP) is 2.41. The van der Waals surface area contributed by atoms with Crippen molar-refractivity contribution in [3.8, 4) is 0 Å². The first-order valence-electron chi connectivity index (χ1n) is 7.78. The minimum Gasteiger partial charge on any atom is -0.460 e. The fourth-order valence-electron chi connectivity index (χ4n) is 3.27. The van der Waals surface area contributed by atoms with Crippen molar-refractivity contribution in [2.24, 2.45) is 11.8 Å². The van der Waals surface area contributed by atoms with E-state index in [-0.39, 0.29) is 17.5 Å². The zero-order valence-electron chi connectivity index (χ0n) is 12.9. The third-order valence-corrected chi connectivity index (χ3v) is 4.34. The van der Waals surface area contributed by atoms with E-state index in [0.717, 1.165) is 45.1 Å². The first-order valence-corrected chi connectivity index (χ1v) is 7.78. The van der Waals surface area contributed by atoms with Crippen LogP contribution in [-0.4, -0.2) is 41.9 Å². The lowest BCUT2D eigenvalue weighted by molar-refractivity contribution is -0.156. The van der Waals surface area contributed by atoms with Crippen LogP contribution in [0.5, 0.6) is 0 Å². The molecule has 0 aromatic heterocycles. The SMILES string of the molecule is CC(C)(C)OC(=O)CC1CCC(N2CC(C=O)C2)CC1. The molecule has 1 aliphatic carbocycles. The molecule has 0 amide bonds. The Morgan fingerprint density at radius 3 is 2.30 bits per heavy atom. The lowest BCUT2D eigenvalue weighted by atomic mass is 9.82. The smallest absolute Gasteiger partial charge is 0.306 e. The molecule has 0 aromatic carbocycles. The van der Waals surface area contributed by atoms with Gasteiger partial charge in [0, 0.05) is 31.5 Å². The van der Waals surface area contributed by atoms with Gasteiger partial charge >= 0.3 is 5.97 Å². The number of esters is 1. The molecule has 0 spiro atoms. The number of ether oxygens (including phenoxy) is 1. The Balaban J connectivity index is 1.67. The Morgan fingerprint density at radius 2 is 1.80 bits per heavy atom. The van der Waals surface area contributed by atoms with Gasteiger partial charge in [-0.05, 0) is 52.4 Å². The van der Waals surface area contributed by atoms with E-state index in [1.807, 2.05) is 20.8 Å². The molecule has 114 valence electrons. The maximum Gasteiger partial charge on any atom is 0.306 e. The maximum absolute atomic E-state index is 11.8. The minimum atomic E-state index is -0.379. The molecule has 0 radical (unpaired) electrons. The number of aldehydes is 1. The number of rotatable bonds is 4. The molecular formula is C16H27NO3. The Hall–Kier alpha value is -0.900. The van der Waals surface area contributed by atoms with Gasteiger partial charge in [-0.2, -0.15) is 0 Å². The number of hydrogen-bond acceptors (Lipinski definition) is 4. The second-order valence-corrected chi connectivity index (χ2v) is 7.32. The summed E-state index contributed by atoms with van der Waals surface area (Å²) in [5.74, 6) is 0.671. The van der Waals surface area contributed by atoms with Gasteiger partial charge in [-0.15, -0.1) is 0 Å². The van der Waals surface area contributed by atoms with E-state index in [1.165, 1.54) is 0 Å². The van der Waals surface area contributed by atoms with Gasteiger partial charge < -0.3 is 9.53 Å². The van der Waals surface area contributed by atoms with E-state index in [4.69, 9.17) is 4.74 Å². The highest BCUT2D eigenvalue weighted by atomic mass is 16.6. The van der Waals surface area contributed by atoms with Crippen molar-refractivity contribution < 1.29 is 14.3 Å². The van der Waals surface area contributed by atoms with Crippen molar-refractivity contribution in [2.45, 2.75) is 64.5 Å². The highest BCUT2D eigenvalue weighted by molar-refractivity contribution is 5.70.